The molecule has 0 aliphatic carbocycles. The number of carbonyl (C=O) groups is 2. The first-order valence-electron chi connectivity index (χ1n) is 6.86. The van der Waals surface area contributed by atoms with Gasteiger partial charge in [0.1, 0.15) is 5.82 Å². The van der Waals surface area contributed by atoms with Crippen LogP contribution in [0.5, 0.6) is 0 Å². The minimum atomic E-state index is -0.774. The van der Waals surface area contributed by atoms with Gasteiger partial charge < -0.3 is 15.4 Å². The Morgan fingerprint density at radius 2 is 2.29 bits per heavy atom. The molecule has 0 spiro atoms. The number of benzene rings is 1. The van der Waals surface area contributed by atoms with Crippen molar-refractivity contribution < 1.29 is 18.7 Å². The molecule has 5 nitrogen and oxygen atoms in total. The molecule has 1 aliphatic heterocycles. The smallest absolute Gasteiger partial charge is 0.251 e. The number of hydrogen-bond acceptors (Lipinski definition) is 3. The lowest BCUT2D eigenvalue weighted by Crippen LogP contribution is -2.29. The number of halogens is 1. The molecular weight excluding hydrogens is 275 g/mol. The van der Waals surface area contributed by atoms with Gasteiger partial charge in [-0.15, -0.1) is 0 Å². The third kappa shape index (κ3) is 3.58. The van der Waals surface area contributed by atoms with Crippen LogP contribution in [0.15, 0.2) is 18.2 Å². The molecule has 1 fully saturated rings. The minimum absolute atomic E-state index is 0.0640. The van der Waals surface area contributed by atoms with Crippen LogP contribution in [-0.2, 0) is 16.0 Å². The molecule has 0 aromatic heterocycles. The number of rotatable bonds is 6. The van der Waals surface area contributed by atoms with E-state index in [1.807, 2.05) is 0 Å². The Morgan fingerprint density at radius 1 is 1.52 bits per heavy atom. The number of amides is 2. The lowest BCUT2D eigenvalue weighted by molar-refractivity contribution is -0.128. The van der Waals surface area contributed by atoms with Gasteiger partial charge in [0.05, 0.1) is 12.2 Å². The Labute approximate surface area is 122 Å². The maximum absolute atomic E-state index is 13.7. The van der Waals surface area contributed by atoms with Gasteiger partial charge in [-0.05, 0) is 24.0 Å². The lowest BCUT2D eigenvalue weighted by Gasteiger charge is -2.16. The van der Waals surface area contributed by atoms with Crippen LogP contribution in [0.25, 0.3) is 0 Å². The van der Waals surface area contributed by atoms with Gasteiger partial charge in [-0.3, -0.25) is 9.59 Å². The van der Waals surface area contributed by atoms with Crippen molar-refractivity contribution in [3.8, 4) is 0 Å². The van der Waals surface area contributed by atoms with Gasteiger partial charge in [0.2, 0.25) is 5.91 Å². The van der Waals surface area contributed by atoms with E-state index in [1.54, 1.807) is 24.1 Å². The molecule has 0 unspecified atom stereocenters. The fraction of sp³-hybridized carbons (Fsp3) is 0.467. The predicted molar refractivity (Wildman–Crippen MR) is 75.2 cm³/mol. The van der Waals surface area contributed by atoms with Crippen LogP contribution in [0, 0.1) is 11.7 Å². The molecular formula is C15H19FN2O3. The molecule has 2 rings (SSSR count). The highest BCUT2D eigenvalue weighted by Crippen LogP contribution is 2.24. The summed E-state index contributed by atoms with van der Waals surface area (Å²) in [6.45, 7) is 1.64. The van der Waals surface area contributed by atoms with Crippen LogP contribution in [-0.4, -0.2) is 43.5 Å². The number of nitrogens with two attached hydrogens (primary N) is 1. The van der Waals surface area contributed by atoms with Crippen molar-refractivity contribution in [2.24, 2.45) is 11.7 Å². The summed E-state index contributed by atoms with van der Waals surface area (Å²) in [7, 11) is 1.59. The fourth-order valence-corrected chi connectivity index (χ4v) is 2.73. The highest BCUT2D eigenvalue weighted by molar-refractivity contribution is 5.94. The summed E-state index contributed by atoms with van der Waals surface area (Å²) in [4.78, 5) is 25.0. The molecule has 1 aromatic rings. The second kappa shape index (κ2) is 6.67. The molecule has 1 saturated heterocycles. The topological polar surface area (TPSA) is 72.6 Å². The van der Waals surface area contributed by atoms with Crippen LogP contribution in [0.3, 0.4) is 0 Å². The van der Waals surface area contributed by atoms with Gasteiger partial charge >= 0.3 is 0 Å². The van der Waals surface area contributed by atoms with Crippen LogP contribution < -0.4 is 5.73 Å². The van der Waals surface area contributed by atoms with E-state index in [0.29, 0.717) is 38.1 Å². The molecule has 1 atom stereocenters. The first-order chi connectivity index (χ1) is 10.0. The third-order valence-electron chi connectivity index (χ3n) is 3.71. The molecule has 2 amide bonds. The molecule has 1 heterocycles. The van der Waals surface area contributed by atoms with Gasteiger partial charge in [0.15, 0.2) is 0 Å². The molecule has 0 radical (unpaired) electrons. The number of hydrogen-bond donors (Lipinski definition) is 1. The van der Waals surface area contributed by atoms with Crippen molar-refractivity contribution in [1.82, 2.24) is 4.90 Å². The Hall–Kier alpha value is -1.95. The summed E-state index contributed by atoms with van der Waals surface area (Å²) in [5.41, 5.74) is 5.73. The number of likely N-dealkylation sites (tertiary alicyclic amines) is 1. The van der Waals surface area contributed by atoms with Crippen molar-refractivity contribution in [1.29, 1.82) is 0 Å². The van der Waals surface area contributed by atoms with E-state index < -0.39 is 11.7 Å². The summed E-state index contributed by atoms with van der Waals surface area (Å²) in [6.07, 6.45) is 0.865. The normalized spacial score (nSPS) is 18.3. The van der Waals surface area contributed by atoms with Crippen LogP contribution in [0.4, 0.5) is 4.39 Å². The number of carbonyl (C=O) groups excluding carboxylic acids is 2. The summed E-state index contributed by atoms with van der Waals surface area (Å²) >= 11 is 0. The summed E-state index contributed by atoms with van der Waals surface area (Å²) in [5, 5.41) is 0. The highest BCUT2D eigenvalue weighted by Gasteiger charge is 2.30. The van der Waals surface area contributed by atoms with Gasteiger partial charge in [0.25, 0.3) is 5.91 Å². The second-order valence-electron chi connectivity index (χ2n) is 5.25. The second-order valence-corrected chi connectivity index (χ2v) is 5.25. The maximum atomic E-state index is 13.7. The monoisotopic (exact) mass is 294 g/mol. The molecule has 114 valence electrons. The molecule has 2 N–H and O–H groups in total. The molecule has 6 heteroatoms. The van der Waals surface area contributed by atoms with Crippen molar-refractivity contribution in [2.75, 3.05) is 26.8 Å². The Bertz CT molecular complexity index is 548. The van der Waals surface area contributed by atoms with Crippen molar-refractivity contribution in [3.05, 3.63) is 35.1 Å². The minimum Gasteiger partial charge on any atom is -0.383 e. The SMILES string of the molecule is COCCN1C[C@@H](Cc2cccc(F)c2C(N)=O)CC1=O. The van der Waals surface area contributed by atoms with Gasteiger partial charge in [0, 0.05) is 26.6 Å². The van der Waals surface area contributed by atoms with E-state index in [4.69, 9.17) is 10.5 Å². The molecule has 0 bridgehead atoms. The third-order valence-corrected chi connectivity index (χ3v) is 3.71. The van der Waals surface area contributed by atoms with E-state index >= 15 is 0 Å². The number of ether oxygens (including phenoxy) is 1. The Balaban J connectivity index is 2.08. The van der Waals surface area contributed by atoms with Crippen LogP contribution in [0.2, 0.25) is 0 Å². The van der Waals surface area contributed by atoms with E-state index in [9.17, 15) is 14.0 Å². The molecule has 21 heavy (non-hydrogen) atoms. The zero-order chi connectivity index (χ0) is 15.4. The largest absolute Gasteiger partial charge is 0.383 e. The zero-order valence-electron chi connectivity index (χ0n) is 12.0. The Kier molecular flexibility index (Phi) is 4.90. The predicted octanol–water partition coefficient (Wildman–Crippen LogP) is 0.962. The highest BCUT2D eigenvalue weighted by atomic mass is 19.1. The van der Waals surface area contributed by atoms with Gasteiger partial charge in [-0.2, -0.15) is 0 Å². The van der Waals surface area contributed by atoms with E-state index in [2.05, 4.69) is 0 Å². The van der Waals surface area contributed by atoms with E-state index in [1.165, 1.54) is 6.07 Å². The average molecular weight is 294 g/mol. The molecule has 0 saturated carbocycles. The summed E-state index contributed by atoms with van der Waals surface area (Å²) in [5.74, 6) is -1.26. The Morgan fingerprint density at radius 3 is 2.95 bits per heavy atom. The maximum Gasteiger partial charge on any atom is 0.251 e. The molecule has 1 aromatic carbocycles. The number of methoxy groups -OCH3 is 1. The fourth-order valence-electron chi connectivity index (χ4n) is 2.73. The van der Waals surface area contributed by atoms with Crippen molar-refractivity contribution >= 4 is 11.8 Å². The average Bonchev–Trinajstić information content (AvgIpc) is 2.76. The van der Waals surface area contributed by atoms with Gasteiger partial charge in [-0.25, -0.2) is 4.39 Å². The summed E-state index contributed by atoms with van der Waals surface area (Å²) < 4.78 is 18.7. The quantitative estimate of drug-likeness (QED) is 0.849. The zero-order valence-corrected chi connectivity index (χ0v) is 12.0. The van der Waals surface area contributed by atoms with E-state index in [0.717, 1.165) is 0 Å². The first-order valence-corrected chi connectivity index (χ1v) is 6.86. The number of primary amides is 1. The van der Waals surface area contributed by atoms with Gasteiger partial charge in [-0.1, -0.05) is 12.1 Å². The van der Waals surface area contributed by atoms with Crippen molar-refractivity contribution in [2.45, 2.75) is 12.8 Å². The van der Waals surface area contributed by atoms with Crippen LogP contribution >= 0.6 is 0 Å². The number of nitrogens with zero attached hydrogens (tertiary/aromatic N) is 1. The lowest BCUT2D eigenvalue weighted by atomic mass is 9.94. The first kappa shape index (κ1) is 15.4. The summed E-state index contributed by atoms with van der Waals surface area (Å²) in [6, 6.07) is 4.45. The van der Waals surface area contributed by atoms with Crippen molar-refractivity contribution in [3.63, 3.8) is 0 Å². The van der Waals surface area contributed by atoms with E-state index in [-0.39, 0.29) is 17.4 Å². The standard InChI is InChI=1S/C15H19FN2O3/c1-21-6-5-18-9-10(8-13(18)19)7-11-3-2-4-12(16)14(11)15(17)20/h2-4,10H,5-9H2,1H3,(H2,17,20)/t10-/m0/s1. The molecule has 1 aliphatic rings. The van der Waals surface area contributed by atoms with Crippen LogP contribution in [0.1, 0.15) is 22.3 Å².